The monoisotopic (exact) mass is 379 g/mol. The minimum atomic E-state index is -5.11. The molecule has 0 aromatic heterocycles. The van der Waals surface area contributed by atoms with Crippen molar-refractivity contribution in [2.24, 2.45) is 0 Å². The van der Waals surface area contributed by atoms with E-state index in [4.69, 9.17) is 17.7 Å². The van der Waals surface area contributed by atoms with E-state index in [0.717, 1.165) is 24.3 Å². The lowest BCUT2D eigenvalue weighted by molar-refractivity contribution is -0.0377. The van der Waals surface area contributed by atoms with E-state index < -0.39 is 43.0 Å². The number of ether oxygens (including phenoxy) is 1. The third kappa shape index (κ3) is 2.41. The Morgan fingerprint density at radius 2 is 2.00 bits per heavy atom. The molecule has 1 aliphatic rings. The van der Waals surface area contributed by atoms with E-state index in [-0.39, 0.29) is 17.2 Å². The molecule has 0 bridgehead atoms. The Kier molecular flexibility index (Phi) is 3.95. The smallest absolute Gasteiger partial charge is 0.379 e. The molecule has 0 aliphatic carbocycles. The summed E-state index contributed by atoms with van der Waals surface area (Å²) in [6.45, 7) is 6.90. The second kappa shape index (κ2) is 5.77. The summed E-state index contributed by atoms with van der Waals surface area (Å²) in [5.41, 5.74) is -1.13. The van der Waals surface area contributed by atoms with Crippen LogP contribution in [0.5, 0.6) is 11.5 Å². The maximum Gasteiger partial charge on any atom is 0.379 e. The average molecular weight is 379 g/mol. The Bertz CT molecular complexity index is 1110. The number of fused-ring (bicyclic) bond motifs is 1. The largest absolute Gasteiger partial charge is 0.457 e. The highest BCUT2D eigenvalue weighted by Crippen LogP contribution is 2.51. The molecule has 1 N–H and O–H groups in total. The van der Waals surface area contributed by atoms with Crippen LogP contribution in [0.3, 0.4) is 0 Å². The van der Waals surface area contributed by atoms with E-state index in [1.54, 1.807) is 0 Å². The molecule has 132 valence electrons. The van der Waals surface area contributed by atoms with E-state index in [0.29, 0.717) is 0 Å². The minimum Gasteiger partial charge on any atom is -0.457 e. The van der Waals surface area contributed by atoms with Crippen LogP contribution in [0.15, 0.2) is 35.2 Å². The number of aliphatic hydroxyl groups is 1. The first-order valence-electron chi connectivity index (χ1n) is 6.93. The fraction of sp³-hybridized carbons (Fsp3) is 0.118. The number of hydrogen-bond acceptors (Lipinski definition) is 4. The predicted octanol–water partition coefficient (Wildman–Crippen LogP) is 3.56. The van der Waals surface area contributed by atoms with Crippen molar-refractivity contribution in [2.75, 3.05) is 0 Å². The van der Waals surface area contributed by atoms with Crippen molar-refractivity contribution in [3.63, 3.8) is 0 Å². The Hall–Kier alpha value is -3.01. The lowest BCUT2D eigenvalue weighted by atomic mass is 10.0. The molecule has 2 aromatic rings. The van der Waals surface area contributed by atoms with Gasteiger partial charge in [-0.15, -0.1) is 6.42 Å². The number of sulfone groups is 1. The van der Waals surface area contributed by atoms with E-state index in [2.05, 4.69) is 4.85 Å². The highest BCUT2D eigenvalue weighted by molar-refractivity contribution is 7.92. The first-order chi connectivity index (χ1) is 12.1. The molecule has 0 amide bonds. The van der Waals surface area contributed by atoms with Crippen LogP contribution in [0.1, 0.15) is 17.2 Å². The summed E-state index contributed by atoms with van der Waals surface area (Å²) < 4.78 is 70.4. The second-order valence-corrected chi connectivity index (χ2v) is 7.31. The lowest BCUT2D eigenvalue weighted by Crippen LogP contribution is -2.28. The zero-order valence-electron chi connectivity index (χ0n) is 12.7. The van der Waals surface area contributed by atoms with Crippen LogP contribution < -0.4 is 4.74 Å². The van der Waals surface area contributed by atoms with Crippen molar-refractivity contribution >= 4 is 15.5 Å². The standard InChI is InChI=1S/C17H8F3NO4S/c1-3-12-13(25-11-7-9(18)6-10(8-11)21-2)4-5-14-15(12)16(22)17(19,20)26(14,23)24/h1,4-8,16,22H. The van der Waals surface area contributed by atoms with Crippen LogP contribution in [0.25, 0.3) is 4.85 Å². The second-order valence-electron chi connectivity index (χ2n) is 5.32. The van der Waals surface area contributed by atoms with Gasteiger partial charge in [0.2, 0.25) is 9.84 Å². The van der Waals surface area contributed by atoms with Gasteiger partial charge in [0.25, 0.3) is 0 Å². The van der Waals surface area contributed by atoms with Gasteiger partial charge in [0.1, 0.15) is 17.3 Å². The third-order valence-electron chi connectivity index (χ3n) is 3.76. The molecule has 1 aliphatic heterocycles. The molecular formula is C17H8F3NO4S. The quantitative estimate of drug-likeness (QED) is 0.640. The highest BCUT2D eigenvalue weighted by Gasteiger charge is 2.61. The third-order valence-corrected chi connectivity index (χ3v) is 5.64. The number of terminal acetylenes is 1. The molecule has 1 heterocycles. The number of halogens is 3. The molecule has 0 fully saturated rings. The van der Waals surface area contributed by atoms with Gasteiger partial charge < -0.3 is 9.84 Å². The predicted molar refractivity (Wildman–Crippen MR) is 84.2 cm³/mol. The van der Waals surface area contributed by atoms with Crippen LogP contribution in [0.4, 0.5) is 18.9 Å². The molecule has 0 saturated heterocycles. The number of nitrogens with zero attached hydrogens (tertiary/aromatic N) is 1. The summed E-state index contributed by atoms with van der Waals surface area (Å²) >= 11 is 0. The zero-order valence-corrected chi connectivity index (χ0v) is 13.5. The number of hydrogen-bond donors (Lipinski definition) is 1. The highest BCUT2D eigenvalue weighted by atomic mass is 32.2. The maximum atomic E-state index is 13.9. The normalized spacial score (nSPS) is 19.2. The van der Waals surface area contributed by atoms with Crippen LogP contribution >= 0.6 is 0 Å². The van der Waals surface area contributed by atoms with E-state index in [9.17, 15) is 26.7 Å². The van der Waals surface area contributed by atoms with E-state index in [1.165, 1.54) is 6.07 Å². The number of aliphatic hydroxyl groups excluding tert-OH is 1. The maximum absolute atomic E-state index is 13.9. The first kappa shape index (κ1) is 17.8. The topological polar surface area (TPSA) is 68.0 Å². The first-order valence-corrected chi connectivity index (χ1v) is 8.41. The number of rotatable bonds is 2. The molecule has 0 saturated carbocycles. The Labute approximate surface area is 146 Å². The number of alkyl halides is 2. The molecule has 0 radical (unpaired) electrons. The van der Waals surface area contributed by atoms with Crippen LogP contribution in [-0.4, -0.2) is 18.8 Å². The summed E-state index contributed by atoms with van der Waals surface area (Å²) in [7, 11) is -5.11. The summed E-state index contributed by atoms with van der Waals surface area (Å²) in [5, 5.41) is 5.36. The van der Waals surface area contributed by atoms with E-state index in [1.807, 2.05) is 5.92 Å². The van der Waals surface area contributed by atoms with Crippen molar-refractivity contribution in [3.05, 3.63) is 58.7 Å². The molecule has 1 unspecified atom stereocenters. The molecule has 2 aromatic carbocycles. The van der Waals surface area contributed by atoms with Gasteiger partial charge in [-0.3, -0.25) is 0 Å². The molecule has 5 nitrogen and oxygen atoms in total. The van der Waals surface area contributed by atoms with Crippen molar-refractivity contribution < 1.29 is 31.4 Å². The summed E-state index contributed by atoms with van der Waals surface area (Å²) in [6, 6.07) is 4.94. The van der Waals surface area contributed by atoms with Crippen molar-refractivity contribution in [1.29, 1.82) is 0 Å². The van der Waals surface area contributed by atoms with Crippen LogP contribution in [-0.2, 0) is 9.84 Å². The average Bonchev–Trinajstić information content (AvgIpc) is 2.72. The van der Waals surface area contributed by atoms with Gasteiger partial charge >= 0.3 is 5.25 Å². The fourth-order valence-corrected chi connectivity index (χ4v) is 4.04. The minimum absolute atomic E-state index is 0.0717. The van der Waals surface area contributed by atoms with E-state index >= 15 is 0 Å². The van der Waals surface area contributed by atoms with Gasteiger partial charge in [0.05, 0.1) is 17.0 Å². The molecule has 9 heteroatoms. The van der Waals surface area contributed by atoms with Gasteiger partial charge in [-0.1, -0.05) is 5.92 Å². The molecule has 26 heavy (non-hydrogen) atoms. The van der Waals surface area contributed by atoms with Gasteiger partial charge in [0, 0.05) is 11.6 Å². The molecule has 0 spiro atoms. The van der Waals surface area contributed by atoms with Gasteiger partial charge in [-0.05, 0) is 24.3 Å². The Morgan fingerprint density at radius 1 is 1.31 bits per heavy atom. The van der Waals surface area contributed by atoms with Gasteiger partial charge in [-0.2, -0.15) is 8.78 Å². The van der Waals surface area contributed by atoms with Crippen molar-refractivity contribution in [1.82, 2.24) is 0 Å². The molecule has 1 atom stereocenters. The summed E-state index contributed by atoms with van der Waals surface area (Å²) in [4.78, 5) is 2.26. The van der Waals surface area contributed by atoms with Crippen LogP contribution in [0, 0.1) is 24.7 Å². The molecule has 3 rings (SSSR count). The lowest BCUT2D eigenvalue weighted by Gasteiger charge is -2.14. The molecular weight excluding hydrogens is 371 g/mol. The SMILES string of the molecule is [C-]#[N+]c1cc(F)cc(Oc2ccc3c(c2C#C)C(O)C(F)(F)S3(=O)=O)c1. The van der Waals surface area contributed by atoms with Gasteiger partial charge in [-0.25, -0.2) is 17.7 Å². The summed E-state index contributed by atoms with van der Waals surface area (Å²) in [6.07, 6.45) is 2.64. The Morgan fingerprint density at radius 3 is 2.62 bits per heavy atom. The summed E-state index contributed by atoms with van der Waals surface area (Å²) in [5.74, 6) is 0.876. The van der Waals surface area contributed by atoms with Crippen molar-refractivity contribution in [3.8, 4) is 23.8 Å². The van der Waals surface area contributed by atoms with Gasteiger partial charge in [0.15, 0.2) is 11.8 Å². The Balaban J connectivity index is 2.17. The van der Waals surface area contributed by atoms with Crippen LogP contribution in [0.2, 0.25) is 0 Å². The zero-order chi connectivity index (χ0) is 19.3. The fourth-order valence-electron chi connectivity index (χ4n) is 2.58. The van der Waals surface area contributed by atoms with Crippen molar-refractivity contribution in [2.45, 2.75) is 16.3 Å². The number of benzene rings is 2.